The van der Waals surface area contributed by atoms with Crippen LogP contribution in [0.4, 0.5) is 5.69 Å². The molecule has 4 nitrogen and oxygen atoms in total. The van der Waals surface area contributed by atoms with Crippen LogP contribution in [0.1, 0.15) is 16.7 Å². The number of nitro benzene ring substituents is 1. The highest BCUT2D eigenvalue weighted by atomic mass is 79.9. The van der Waals surface area contributed by atoms with Crippen LogP contribution in [0.3, 0.4) is 0 Å². The third kappa shape index (κ3) is 3.17. The van der Waals surface area contributed by atoms with Crippen LogP contribution >= 0.6 is 15.9 Å². The minimum atomic E-state index is -0.391. The summed E-state index contributed by atoms with van der Waals surface area (Å²) < 4.78 is 5.82. The molecular weight excluding hydrogens is 322 g/mol. The SMILES string of the molecule is Cc1ccc(C)c(Oc2ccc([N+](=O)[O-])c(CBr)c2)c1. The van der Waals surface area contributed by atoms with Gasteiger partial charge >= 0.3 is 0 Å². The summed E-state index contributed by atoms with van der Waals surface area (Å²) in [5.74, 6) is 1.36. The summed E-state index contributed by atoms with van der Waals surface area (Å²) >= 11 is 3.26. The van der Waals surface area contributed by atoms with E-state index in [1.807, 2.05) is 32.0 Å². The maximum absolute atomic E-state index is 10.9. The van der Waals surface area contributed by atoms with Crippen LogP contribution in [0.15, 0.2) is 36.4 Å². The number of aryl methyl sites for hydroxylation is 2. The number of hydrogen-bond acceptors (Lipinski definition) is 3. The van der Waals surface area contributed by atoms with Crippen LogP contribution in [-0.4, -0.2) is 4.92 Å². The standard InChI is InChI=1S/C15H14BrNO3/c1-10-3-4-11(2)15(7-10)20-13-5-6-14(17(18)19)12(8-13)9-16/h3-8H,9H2,1-2H3. The van der Waals surface area contributed by atoms with Crippen LogP contribution < -0.4 is 4.74 Å². The number of nitrogens with zero attached hydrogens (tertiary/aromatic N) is 1. The Balaban J connectivity index is 2.34. The van der Waals surface area contributed by atoms with Crippen molar-refractivity contribution in [3.05, 3.63) is 63.2 Å². The molecule has 2 aromatic rings. The molecule has 0 aliphatic rings. The van der Waals surface area contributed by atoms with Crippen molar-refractivity contribution in [2.45, 2.75) is 19.2 Å². The molecular formula is C15H14BrNO3. The smallest absolute Gasteiger partial charge is 0.273 e. The van der Waals surface area contributed by atoms with E-state index in [2.05, 4.69) is 15.9 Å². The Kier molecular flexibility index (Phi) is 4.39. The molecule has 20 heavy (non-hydrogen) atoms. The zero-order valence-corrected chi connectivity index (χ0v) is 12.8. The van der Waals surface area contributed by atoms with Crippen molar-refractivity contribution in [3.63, 3.8) is 0 Å². The lowest BCUT2D eigenvalue weighted by atomic mass is 10.1. The van der Waals surface area contributed by atoms with E-state index in [0.29, 0.717) is 16.6 Å². The van der Waals surface area contributed by atoms with Gasteiger partial charge in [0.2, 0.25) is 0 Å². The summed E-state index contributed by atoms with van der Waals surface area (Å²) in [6.07, 6.45) is 0. The van der Waals surface area contributed by atoms with E-state index >= 15 is 0 Å². The average molecular weight is 336 g/mol. The van der Waals surface area contributed by atoms with Gasteiger partial charge in [0.05, 0.1) is 4.92 Å². The molecule has 2 aromatic carbocycles. The lowest BCUT2D eigenvalue weighted by Crippen LogP contribution is -1.95. The van der Waals surface area contributed by atoms with Gasteiger partial charge in [-0.1, -0.05) is 28.1 Å². The zero-order valence-electron chi connectivity index (χ0n) is 11.2. The van der Waals surface area contributed by atoms with Crippen molar-refractivity contribution in [2.75, 3.05) is 0 Å². The van der Waals surface area contributed by atoms with Crippen LogP contribution in [0.25, 0.3) is 0 Å². The van der Waals surface area contributed by atoms with E-state index in [9.17, 15) is 10.1 Å². The third-order valence-corrected chi connectivity index (χ3v) is 3.57. The van der Waals surface area contributed by atoms with E-state index in [-0.39, 0.29) is 5.69 Å². The van der Waals surface area contributed by atoms with Gasteiger partial charge in [-0.3, -0.25) is 10.1 Å². The normalized spacial score (nSPS) is 10.3. The predicted molar refractivity (Wildman–Crippen MR) is 81.7 cm³/mol. The number of rotatable bonds is 4. The molecule has 0 radical (unpaired) electrons. The molecule has 0 fully saturated rings. The number of nitro groups is 1. The Hall–Kier alpha value is -1.88. The molecule has 0 saturated heterocycles. The molecule has 104 valence electrons. The largest absolute Gasteiger partial charge is 0.457 e. The van der Waals surface area contributed by atoms with Crippen molar-refractivity contribution in [2.24, 2.45) is 0 Å². The zero-order chi connectivity index (χ0) is 14.7. The van der Waals surface area contributed by atoms with Crippen molar-refractivity contribution >= 4 is 21.6 Å². The molecule has 0 aliphatic heterocycles. The molecule has 0 bridgehead atoms. The van der Waals surface area contributed by atoms with Crippen LogP contribution in [0, 0.1) is 24.0 Å². The fourth-order valence-corrected chi connectivity index (χ4v) is 2.30. The summed E-state index contributed by atoms with van der Waals surface area (Å²) in [6.45, 7) is 3.96. The minimum Gasteiger partial charge on any atom is -0.457 e. The maximum atomic E-state index is 10.9. The summed E-state index contributed by atoms with van der Waals surface area (Å²) in [5.41, 5.74) is 2.82. The first-order valence-electron chi connectivity index (χ1n) is 6.09. The molecule has 0 amide bonds. The molecule has 0 saturated carbocycles. The molecule has 0 spiro atoms. The lowest BCUT2D eigenvalue weighted by molar-refractivity contribution is -0.385. The van der Waals surface area contributed by atoms with Gasteiger partial charge in [-0.2, -0.15) is 0 Å². The average Bonchev–Trinajstić information content (AvgIpc) is 2.42. The van der Waals surface area contributed by atoms with Gasteiger partial charge in [-0.25, -0.2) is 0 Å². The fraction of sp³-hybridized carbons (Fsp3) is 0.200. The van der Waals surface area contributed by atoms with Crippen LogP contribution in [0.2, 0.25) is 0 Å². The van der Waals surface area contributed by atoms with Gasteiger partial charge in [-0.15, -0.1) is 0 Å². The minimum absolute atomic E-state index is 0.0928. The van der Waals surface area contributed by atoms with Crippen molar-refractivity contribution in [1.29, 1.82) is 0 Å². The van der Waals surface area contributed by atoms with Gasteiger partial charge < -0.3 is 4.74 Å². The van der Waals surface area contributed by atoms with Crippen molar-refractivity contribution in [1.82, 2.24) is 0 Å². The second-order valence-electron chi connectivity index (χ2n) is 4.55. The Morgan fingerprint density at radius 3 is 2.60 bits per heavy atom. The number of alkyl halides is 1. The fourth-order valence-electron chi connectivity index (χ4n) is 1.85. The van der Waals surface area contributed by atoms with E-state index < -0.39 is 4.92 Å². The van der Waals surface area contributed by atoms with E-state index in [1.165, 1.54) is 6.07 Å². The Morgan fingerprint density at radius 2 is 1.95 bits per heavy atom. The lowest BCUT2D eigenvalue weighted by Gasteiger charge is -2.10. The number of halogens is 1. The number of benzene rings is 2. The maximum Gasteiger partial charge on any atom is 0.273 e. The summed E-state index contributed by atoms with van der Waals surface area (Å²) in [7, 11) is 0. The number of ether oxygens (including phenoxy) is 1. The van der Waals surface area contributed by atoms with Crippen molar-refractivity contribution in [3.8, 4) is 11.5 Å². The van der Waals surface area contributed by atoms with Gasteiger partial charge in [-0.05, 0) is 43.2 Å². The Morgan fingerprint density at radius 1 is 1.20 bits per heavy atom. The summed E-state index contributed by atoms with van der Waals surface area (Å²) in [5, 5.41) is 11.3. The molecule has 0 N–H and O–H groups in total. The Labute approximate surface area is 125 Å². The van der Waals surface area contributed by atoms with Gasteiger partial charge in [0.15, 0.2) is 0 Å². The first kappa shape index (κ1) is 14.5. The second-order valence-corrected chi connectivity index (χ2v) is 5.11. The summed E-state index contributed by atoms with van der Waals surface area (Å²) in [4.78, 5) is 10.5. The molecule has 0 heterocycles. The van der Waals surface area contributed by atoms with E-state index in [0.717, 1.165) is 16.9 Å². The quantitative estimate of drug-likeness (QED) is 0.453. The monoisotopic (exact) mass is 335 g/mol. The first-order chi connectivity index (χ1) is 9.51. The molecule has 5 heteroatoms. The first-order valence-corrected chi connectivity index (χ1v) is 7.22. The highest BCUT2D eigenvalue weighted by molar-refractivity contribution is 9.08. The Bertz CT molecular complexity index is 656. The van der Waals surface area contributed by atoms with Gasteiger partial charge in [0, 0.05) is 17.0 Å². The molecule has 0 aromatic heterocycles. The molecule has 2 rings (SSSR count). The highest BCUT2D eigenvalue weighted by Gasteiger charge is 2.14. The topological polar surface area (TPSA) is 52.4 Å². The van der Waals surface area contributed by atoms with E-state index in [4.69, 9.17) is 4.74 Å². The van der Waals surface area contributed by atoms with Gasteiger partial charge in [0.25, 0.3) is 5.69 Å². The predicted octanol–water partition coefficient (Wildman–Crippen LogP) is 4.90. The summed E-state index contributed by atoms with van der Waals surface area (Å²) in [6, 6.07) is 10.7. The van der Waals surface area contributed by atoms with E-state index in [1.54, 1.807) is 12.1 Å². The highest BCUT2D eigenvalue weighted by Crippen LogP contribution is 2.30. The van der Waals surface area contributed by atoms with Gasteiger partial charge in [0.1, 0.15) is 11.5 Å². The van der Waals surface area contributed by atoms with Crippen molar-refractivity contribution < 1.29 is 9.66 Å². The molecule has 0 atom stereocenters. The number of hydrogen-bond donors (Lipinski definition) is 0. The molecule has 0 aliphatic carbocycles. The van der Waals surface area contributed by atoms with Crippen LogP contribution in [0.5, 0.6) is 11.5 Å². The third-order valence-electron chi connectivity index (χ3n) is 2.96. The van der Waals surface area contributed by atoms with Crippen LogP contribution in [-0.2, 0) is 5.33 Å². The molecule has 0 unspecified atom stereocenters. The second kappa shape index (κ2) is 6.05.